The molecule has 1 saturated heterocycles. The fourth-order valence-corrected chi connectivity index (χ4v) is 4.64. The van der Waals surface area contributed by atoms with Gasteiger partial charge in [-0.15, -0.1) is 0 Å². The lowest BCUT2D eigenvalue weighted by atomic mass is 10.0. The SMILES string of the molecule is CCCCN(C)Cc1cccc(-c2cc(C(=O)N3CCC(OC)C3)c3cnn(C(C)C)c3n2)c1. The second-order valence-corrected chi connectivity index (χ2v) is 9.66. The fourth-order valence-electron chi connectivity index (χ4n) is 4.64. The molecule has 7 nitrogen and oxygen atoms in total. The van der Waals surface area contributed by atoms with E-state index in [1.54, 1.807) is 13.3 Å². The van der Waals surface area contributed by atoms with E-state index in [1.807, 2.05) is 15.6 Å². The van der Waals surface area contributed by atoms with Crippen molar-refractivity contribution in [3.05, 3.63) is 47.7 Å². The van der Waals surface area contributed by atoms with Crippen LogP contribution in [0.15, 0.2) is 36.5 Å². The quantitative estimate of drug-likeness (QED) is 0.457. The van der Waals surface area contributed by atoms with Crippen LogP contribution in [0.5, 0.6) is 0 Å². The summed E-state index contributed by atoms with van der Waals surface area (Å²) < 4.78 is 7.39. The Kier molecular flexibility index (Phi) is 7.63. The van der Waals surface area contributed by atoms with Gasteiger partial charge in [0.15, 0.2) is 5.65 Å². The number of carbonyl (C=O) groups excluding carboxylic acids is 1. The van der Waals surface area contributed by atoms with Crippen molar-refractivity contribution in [1.29, 1.82) is 0 Å². The van der Waals surface area contributed by atoms with Crippen molar-refractivity contribution in [1.82, 2.24) is 24.6 Å². The van der Waals surface area contributed by atoms with Gasteiger partial charge >= 0.3 is 0 Å². The minimum atomic E-state index is 0.0203. The smallest absolute Gasteiger partial charge is 0.254 e. The van der Waals surface area contributed by atoms with Gasteiger partial charge < -0.3 is 14.5 Å². The Morgan fingerprint density at radius 2 is 2.12 bits per heavy atom. The average molecular weight is 464 g/mol. The van der Waals surface area contributed by atoms with Crippen molar-refractivity contribution < 1.29 is 9.53 Å². The molecule has 3 heterocycles. The van der Waals surface area contributed by atoms with Crippen LogP contribution < -0.4 is 0 Å². The number of pyridine rings is 1. The van der Waals surface area contributed by atoms with Crippen LogP contribution in [0.3, 0.4) is 0 Å². The maximum atomic E-state index is 13.6. The van der Waals surface area contributed by atoms with E-state index in [0.717, 1.165) is 41.8 Å². The van der Waals surface area contributed by atoms with Gasteiger partial charge in [0.1, 0.15) is 0 Å². The molecule has 0 aliphatic carbocycles. The van der Waals surface area contributed by atoms with Crippen LogP contribution in [-0.2, 0) is 11.3 Å². The Morgan fingerprint density at radius 3 is 2.82 bits per heavy atom. The van der Waals surface area contributed by atoms with Gasteiger partial charge in [-0.2, -0.15) is 5.10 Å². The Bertz CT molecular complexity index is 1140. The van der Waals surface area contributed by atoms with Gasteiger partial charge in [-0.25, -0.2) is 9.67 Å². The summed E-state index contributed by atoms with van der Waals surface area (Å²) in [7, 11) is 3.87. The molecule has 182 valence electrons. The van der Waals surface area contributed by atoms with Crippen LogP contribution in [0.4, 0.5) is 0 Å². The minimum Gasteiger partial charge on any atom is -0.380 e. The average Bonchev–Trinajstić information content (AvgIpc) is 3.49. The Labute approximate surface area is 202 Å². The molecule has 1 amide bonds. The molecule has 4 rings (SSSR count). The van der Waals surface area contributed by atoms with Gasteiger partial charge in [-0.3, -0.25) is 4.79 Å². The Balaban J connectivity index is 1.73. The van der Waals surface area contributed by atoms with E-state index in [1.165, 1.54) is 18.4 Å². The monoisotopic (exact) mass is 463 g/mol. The molecular formula is C27H37N5O2. The number of ether oxygens (including phenoxy) is 1. The number of hydrogen-bond acceptors (Lipinski definition) is 5. The molecule has 2 aromatic heterocycles. The first-order valence-electron chi connectivity index (χ1n) is 12.4. The molecule has 1 aliphatic heterocycles. The standard InChI is InChI=1S/C27H37N5O2/c1-6-7-12-30(4)17-20-9-8-10-21(14-20)25-15-23(27(33)31-13-11-22(18-31)34-5)24-16-28-32(19(2)3)26(24)29-25/h8-10,14-16,19,22H,6-7,11-13,17-18H2,1-5H3. The molecule has 34 heavy (non-hydrogen) atoms. The minimum absolute atomic E-state index is 0.0203. The van der Waals surface area contributed by atoms with E-state index in [2.05, 4.69) is 62.1 Å². The van der Waals surface area contributed by atoms with Crippen molar-refractivity contribution in [3.63, 3.8) is 0 Å². The molecule has 0 spiro atoms. The van der Waals surface area contributed by atoms with Gasteiger partial charge in [0.25, 0.3) is 5.91 Å². The lowest BCUT2D eigenvalue weighted by Crippen LogP contribution is -2.30. The number of rotatable bonds is 9. The highest BCUT2D eigenvalue weighted by Crippen LogP contribution is 2.29. The summed E-state index contributed by atoms with van der Waals surface area (Å²) in [5.41, 5.74) is 4.48. The molecule has 0 N–H and O–H groups in total. The first kappa shape index (κ1) is 24.4. The summed E-state index contributed by atoms with van der Waals surface area (Å²) in [5.74, 6) is 0.0203. The number of carbonyl (C=O) groups is 1. The second kappa shape index (κ2) is 10.7. The number of fused-ring (bicyclic) bond motifs is 1. The van der Waals surface area contributed by atoms with E-state index in [-0.39, 0.29) is 18.1 Å². The highest BCUT2D eigenvalue weighted by molar-refractivity contribution is 6.06. The maximum absolute atomic E-state index is 13.6. The lowest BCUT2D eigenvalue weighted by molar-refractivity contribution is 0.0726. The molecule has 7 heteroatoms. The summed E-state index contributed by atoms with van der Waals surface area (Å²) in [6, 6.07) is 10.6. The van der Waals surface area contributed by atoms with Gasteiger partial charge in [-0.05, 0) is 58.0 Å². The number of nitrogens with zero attached hydrogens (tertiary/aromatic N) is 5. The molecule has 1 aromatic carbocycles. The van der Waals surface area contributed by atoms with Crippen LogP contribution in [0.2, 0.25) is 0 Å². The summed E-state index contributed by atoms with van der Waals surface area (Å²) >= 11 is 0. The van der Waals surface area contributed by atoms with Gasteiger partial charge in [0, 0.05) is 38.3 Å². The van der Waals surface area contributed by atoms with Crippen LogP contribution in [0, 0.1) is 0 Å². The number of unbranched alkanes of at least 4 members (excludes halogenated alkanes) is 1. The molecule has 1 atom stereocenters. The van der Waals surface area contributed by atoms with Crippen LogP contribution in [-0.4, -0.2) is 70.4 Å². The van der Waals surface area contributed by atoms with Crippen molar-refractivity contribution in [2.75, 3.05) is 33.8 Å². The van der Waals surface area contributed by atoms with Crippen LogP contribution in [0.1, 0.15) is 62.0 Å². The van der Waals surface area contributed by atoms with E-state index in [4.69, 9.17) is 9.72 Å². The number of aromatic nitrogens is 3. The number of benzene rings is 1. The van der Waals surface area contributed by atoms with E-state index >= 15 is 0 Å². The number of likely N-dealkylation sites (tertiary alicyclic amines) is 1. The molecule has 1 aliphatic rings. The molecule has 3 aromatic rings. The zero-order valence-electron chi connectivity index (χ0n) is 21.1. The molecule has 1 unspecified atom stereocenters. The predicted octanol–water partition coefficient (Wildman–Crippen LogP) is 4.77. The van der Waals surface area contributed by atoms with Gasteiger partial charge in [0.2, 0.25) is 0 Å². The van der Waals surface area contributed by atoms with Gasteiger partial charge in [-0.1, -0.05) is 31.5 Å². The normalized spacial score (nSPS) is 16.3. The summed E-state index contributed by atoms with van der Waals surface area (Å²) in [6.07, 6.45) is 5.13. The zero-order valence-corrected chi connectivity index (χ0v) is 21.1. The third-order valence-corrected chi connectivity index (χ3v) is 6.62. The van der Waals surface area contributed by atoms with Crippen molar-refractivity contribution in [2.45, 2.75) is 58.7 Å². The largest absolute Gasteiger partial charge is 0.380 e. The van der Waals surface area contributed by atoms with E-state index < -0.39 is 0 Å². The highest BCUT2D eigenvalue weighted by atomic mass is 16.5. The molecule has 0 bridgehead atoms. The third-order valence-electron chi connectivity index (χ3n) is 6.62. The lowest BCUT2D eigenvalue weighted by Gasteiger charge is -2.18. The molecular weight excluding hydrogens is 426 g/mol. The number of hydrogen-bond donors (Lipinski definition) is 0. The van der Waals surface area contributed by atoms with Crippen molar-refractivity contribution >= 4 is 16.9 Å². The Morgan fingerprint density at radius 1 is 1.29 bits per heavy atom. The number of amides is 1. The summed E-state index contributed by atoms with van der Waals surface area (Å²) in [6.45, 7) is 9.67. The maximum Gasteiger partial charge on any atom is 0.254 e. The first-order chi connectivity index (χ1) is 16.4. The highest BCUT2D eigenvalue weighted by Gasteiger charge is 2.29. The molecule has 0 radical (unpaired) electrons. The van der Waals surface area contributed by atoms with Gasteiger partial charge in [0.05, 0.1) is 28.9 Å². The van der Waals surface area contributed by atoms with E-state index in [0.29, 0.717) is 18.7 Å². The second-order valence-electron chi connectivity index (χ2n) is 9.66. The fraction of sp³-hybridized carbons (Fsp3) is 0.519. The summed E-state index contributed by atoms with van der Waals surface area (Å²) in [4.78, 5) is 22.8. The van der Waals surface area contributed by atoms with Crippen LogP contribution in [0.25, 0.3) is 22.3 Å². The predicted molar refractivity (Wildman–Crippen MR) is 136 cm³/mol. The topological polar surface area (TPSA) is 63.5 Å². The summed E-state index contributed by atoms with van der Waals surface area (Å²) in [5, 5.41) is 5.37. The Hall–Kier alpha value is -2.77. The van der Waals surface area contributed by atoms with Crippen molar-refractivity contribution in [2.24, 2.45) is 0 Å². The van der Waals surface area contributed by atoms with E-state index in [9.17, 15) is 4.79 Å². The molecule has 0 saturated carbocycles. The molecule has 1 fully saturated rings. The third kappa shape index (κ3) is 5.15. The number of methoxy groups -OCH3 is 1. The zero-order chi connectivity index (χ0) is 24.2. The van der Waals surface area contributed by atoms with Crippen LogP contribution >= 0.6 is 0 Å². The van der Waals surface area contributed by atoms with Crippen molar-refractivity contribution in [3.8, 4) is 11.3 Å². The first-order valence-corrected chi connectivity index (χ1v) is 12.4.